The lowest BCUT2D eigenvalue weighted by molar-refractivity contribution is -0.0525. The molecule has 2 rings (SSSR count). The molecule has 2 aliphatic rings. The molecule has 0 bridgehead atoms. The Bertz CT molecular complexity index is 360. The van der Waals surface area contributed by atoms with Crippen molar-refractivity contribution < 1.29 is 15.3 Å². The van der Waals surface area contributed by atoms with Crippen LogP contribution in [0.25, 0.3) is 0 Å². The maximum absolute atomic E-state index is 10.6. The molecular weight excluding hydrogens is 228 g/mol. The van der Waals surface area contributed by atoms with Gasteiger partial charge in [0, 0.05) is 0 Å². The van der Waals surface area contributed by atoms with E-state index in [1.165, 1.54) is 0 Å². The molecule has 4 atom stereocenters. The van der Waals surface area contributed by atoms with Gasteiger partial charge < -0.3 is 15.3 Å². The molecule has 2 aliphatic carbocycles. The van der Waals surface area contributed by atoms with E-state index in [1.54, 1.807) is 13.8 Å². The Kier molecular flexibility index (Phi) is 3.16. The molecule has 0 heterocycles. The van der Waals surface area contributed by atoms with Crippen molar-refractivity contribution in [2.45, 2.75) is 70.2 Å². The van der Waals surface area contributed by atoms with Crippen molar-refractivity contribution in [3.63, 3.8) is 0 Å². The summed E-state index contributed by atoms with van der Waals surface area (Å²) in [6.45, 7) is 7.27. The molecule has 0 unspecified atom stereocenters. The Morgan fingerprint density at radius 2 is 1.78 bits per heavy atom. The van der Waals surface area contributed by atoms with Gasteiger partial charge in [-0.05, 0) is 70.8 Å². The van der Waals surface area contributed by atoms with Crippen LogP contribution in [0.15, 0.2) is 11.6 Å². The second-order valence-corrected chi connectivity index (χ2v) is 7.16. The second-order valence-electron chi connectivity index (χ2n) is 7.16. The third-order valence-corrected chi connectivity index (χ3v) is 5.03. The zero-order valence-corrected chi connectivity index (χ0v) is 11.9. The molecule has 1 fully saturated rings. The van der Waals surface area contributed by atoms with Crippen LogP contribution in [0.5, 0.6) is 0 Å². The van der Waals surface area contributed by atoms with Crippen LogP contribution in [-0.4, -0.2) is 32.1 Å². The predicted molar refractivity (Wildman–Crippen MR) is 71.1 cm³/mol. The fourth-order valence-corrected chi connectivity index (χ4v) is 3.68. The molecule has 0 saturated heterocycles. The highest BCUT2D eigenvalue weighted by Gasteiger charge is 2.52. The molecule has 0 amide bonds. The third-order valence-electron chi connectivity index (χ3n) is 5.03. The molecule has 3 heteroatoms. The van der Waals surface area contributed by atoms with E-state index in [1.807, 2.05) is 19.9 Å². The van der Waals surface area contributed by atoms with Crippen LogP contribution in [-0.2, 0) is 0 Å². The first kappa shape index (κ1) is 14.0. The highest BCUT2D eigenvalue weighted by molar-refractivity contribution is 5.21. The van der Waals surface area contributed by atoms with Crippen molar-refractivity contribution in [2.24, 2.45) is 11.8 Å². The van der Waals surface area contributed by atoms with Crippen molar-refractivity contribution in [1.29, 1.82) is 0 Å². The molecule has 3 nitrogen and oxygen atoms in total. The number of hydrogen-bond donors (Lipinski definition) is 3. The van der Waals surface area contributed by atoms with E-state index in [0.29, 0.717) is 12.8 Å². The van der Waals surface area contributed by atoms with Crippen LogP contribution in [0.2, 0.25) is 0 Å². The highest BCUT2D eigenvalue weighted by atomic mass is 16.3. The van der Waals surface area contributed by atoms with Gasteiger partial charge in [0.1, 0.15) is 0 Å². The van der Waals surface area contributed by atoms with E-state index in [-0.39, 0.29) is 11.8 Å². The summed E-state index contributed by atoms with van der Waals surface area (Å²) < 4.78 is 0. The van der Waals surface area contributed by atoms with Gasteiger partial charge in [0.15, 0.2) is 0 Å². The summed E-state index contributed by atoms with van der Waals surface area (Å²) in [6.07, 6.45) is 4.80. The monoisotopic (exact) mass is 254 g/mol. The standard InChI is InChI=1S/C15H26O3/c1-13(2,16)10-5-7-14(3,17)11-6-8-15(4,18)12(11)9-10/h5,11-12,16-18H,6-9H2,1-4H3/t11-,12-,14-,15+/m0/s1. The molecule has 18 heavy (non-hydrogen) atoms. The fourth-order valence-electron chi connectivity index (χ4n) is 3.68. The summed E-state index contributed by atoms with van der Waals surface area (Å²) >= 11 is 0. The Labute approximate surface area is 110 Å². The summed E-state index contributed by atoms with van der Waals surface area (Å²) in [6, 6.07) is 0. The van der Waals surface area contributed by atoms with Crippen LogP contribution < -0.4 is 0 Å². The van der Waals surface area contributed by atoms with Gasteiger partial charge >= 0.3 is 0 Å². The van der Waals surface area contributed by atoms with Crippen LogP contribution >= 0.6 is 0 Å². The SMILES string of the molecule is CC(C)(O)C1=CC[C@](C)(O)[C@H]2CC[C@@](C)(O)[C@H]2C1. The lowest BCUT2D eigenvalue weighted by atomic mass is 9.75. The fraction of sp³-hybridized carbons (Fsp3) is 0.867. The Hall–Kier alpha value is -0.380. The Balaban J connectivity index is 2.36. The normalized spacial score (nSPS) is 45.4. The molecule has 0 spiro atoms. The number of fused-ring (bicyclic) bond motifs is 1. The maximum Gasteiger partial charge on any atom is 0.0800 e. The number of hydrogen-bond acceptors (Lipinski definition) is 3. The van der Waals surface area contributed by atoms with Crippen LogP contribution in [0, 0.1) is 11.8 Å². The number of rotatable bonds is 1. The van der Waals surface area contributed by atoms with E-state index in [2.05, 4.69) is 0 Å². The third kappa shape index (κ3) is 2.36. The van der Waals surface area contributed by atoms with Gasteiger partial charge in [0.2, 0.25) is 0 Å². The minimum Gasteiger partial charge on any atom is -0.390 e. The van der Waals surface area contributed by atoms with Gasteiger partial charge in [-0.25, -0.2) is 0 Å². The van der Waals surface area contributed by atoms with Crippen molar-refractivity contribution in [3.05, 3.63) is 11.6 Å². The molecule has 0 radical (unpaired) electrons. The van der Waals surface area contributed by atoms with Gasteiger partial charge in [-0.1, -0.05) is 6.08 Å². The van der Waals surface area contributed by atoms with Crippen molar-refractivity contribution in [3.8, 4) is 0 Å². The Morgan fingerprint density at radius 3 is 2.33 bits per heavy atom. The molecule has 0 aromatic heterocycles. The minimum absolute atomic E-state index is 0.0349. The van der Waals surface area contributed by atoms with Crippen LogP contribution in [0.4, 0.5) is 0 Å². The summed E-state index contributed by atoms with van der Waals surface area (Å²) in [5, 5.41) is 31.3. The first-order chi connectivity index (χ1) is 8.04. The van der Waals surface area contributed by atoms with Crippen molar-refractivity contribution >= 4 is 0 Å². The summed E-state index contributed by atoms with van der Waals surface area (Å²) in [5.41, 5.74) is -1.44. The van der Waals surface area contributed by atoms with Gasteiger partial charge in [-0.2, -0.15) is 0 Å². The van der Waals surface area contributed by atoms with Gasteiger partial charge in [-0.3, -0.25) is 0 Å². The smallest absolute Gasteiger partial charge is 0.0800 e. The molecule has 0 aliphatic heterocycles. The maximum atomic E-state index is 10.6. The molecule has 3 N–H and O–H groups in total. The van der Waals surface area contributed by atoms with E-state index >= 15 is 0 Å². The van der Waals surface area contributed by atoms with Crippen molar-refractivity contribution in [1.82, 2.24) is 0 Å². The number of aliphatic hydroxyl groups is 3. The predicted octanol–water partition coefficient (Wildman–Crippen LogP) is 2.01. The zero-order valence-electron chi connectivity index (χ0n) is 11.9. The summed E-state index contributed by atoms with van der Waals surface area (Å²) in [5.74, 6) is 0.149. The minimum atomic E-state index is -0.871. The highest BCUT2D eigenvalue weighted by Crippen LogP contribution is 2.51. The summed E-state index contributed by atoms with van der Waals surface area (Å²) in [4.78, 5) is 0. The Morgan fingerprint density at radius 1 is 1.17 bits per heavy atom. The molecule has 0 aromatic rings. The largest absolute Gasteiger partial charge is 0.390 e. The topological polar surface area (TPSA) is 60.7 Å². The van der Waals surface area contributed by atoms with E-state index in [0.717, 1.165) is 18.4 Å². The van der Waals surface area contributed by atoms with Gasteiger partial charge in [0.25, 0.3) is 0 Å². The van der Waals surface area contributed by atoms with Crippen LogP contribution in [0.3, 0.4) is 0 Å². The summed E-state index contributed by atoms with van der Waals surface area (Å²) in [7, 11) is 0. The van der Waals surface area contributed by atoms with Crippen LogP contribution in [0.1, 0.15) is 53.4 Å². The van der Waals surface area contributed by atoms with E-state index in [9.17, 15) is 15.3 Å². The van der Waals surface area contributed by atoms with E-state index < -0.39 is 16.8 Å². The second kappa shape index (κ2) is 4.06. The molecule has 104 valence electrons. The average molecular weight is 254 g/mol. The van der Waals surface area contributed by atoms with Gasteiger partial charge in [0.05, 0.1) is 16.8 Å². The average Bonchev–Trinajstić information content (AvgIpc) is 2.37. The quantitative estimate of drug-likeness (QED) is 0.627. The molecule has 0 aromatic carbocycles. The first-order valence-corrected chi connectivity index (χ1v) is 6.91. The van der Waals surface area contributed by atoms with Crippen molar-refractivity contribution in [2.75, 3.05) is 0 Å². The lowest BCUT2D eigenvalue weighted by Gasteiger charge is -2.36. The lowest BCUT2D eigenvalue weighted by Crippen LogP contribution is -2.41. The zero-order chi connectivity index (χ0) is 13.8. The first-order valence-electron chi connectivity index (χ1n) is 6.91. The molecular formula is C15H26O3. The van der Waals surface area contributed by atoms with Gasteiger partial charge in [-0.15, -0.1) is 0 Å². The van der Waals surface area contributed by atoms with E-state index in [4.69, 9.17) is 0 Å². The molecule has 1 saturated carbocycles.